The van der Waals surface area contributed by atoms with Crippen LogP contribution in [0.2, 0.25) is 0 Å². The van der Waals surface area contributed by atoms with Gasteiger partial charge < -0.3 is 14.9 Å². The second-order valence-corrected chi connectivity index (χ2v) is 6.64. The average molecular weight is 363 g/mol. The number of aliphatic hydroxyl groups excluding tert-OH is 1. The molecule has 1 aliphatic rings. The highest BCUT2D eigenvalue weighted by atomic mass is 16.6. The minimum absolute atomic E-state index is 0.273. The summed E-state index contributed by atoms with van der Waals surface area (Å²) in [5.74, 6) is -0.710. The molecule has 1 saturated heterocycles. The fraction of sp³-hybridized carbons (Fsp3) is 0.591. The predicted octanol–water partition coefficient (Wildman–Crippen LogP) is 4.95. The van der Waals surface area contributed by atoms with Crippen molar-refractivity contribution in [2.45, 2.75) is 83.0 Å². The molecule has 0 radical (unpaired) electrons. The van der Waals surface area contributed by atoms with Crippen molar-refractivity contribution in [3.63, 3.8) is 0 Å². The van der Waals surface area contributed by atoms with Gasteiger partial charge in [-0.1, -0.05) is 62.0 Å². The summed E-state index contributed by atoms with van der Waals surface area (Å²) in [5.41, 5.74) is 0. The molecule has 3 atom stereocenters. The Kier molecular flexibility index (Phi) is 12.5. The monoisotopic (exact) mass is 362 g/mol. The van der Waals surface area contributed by atoms with E-state index < -0.39 is 12.1 Å². The van der Waals surface area contributed by atoms with Crippen LogP contribution in [-0.2, 0) is 9.53 Å². The molecule has 4 heteroatoms. The maximum atomic E-state index is 10.4. The lowest BCUT2D eigenvalue weighted by Gasteiger charge is -1.99. The van der Waals surface area contributed by atoms with E-state index in [1.54, 1.807) is 6.08 Å². The topological polar surface area (TPSA) is 70.1 Å². The van der Waals surface area contributed by atoms with Crippen molar-refractivity contribution in [2.75, 3.05) is 0 Å². The number of carboxylic acids is 1. The smallest absolute Gasteiger partial charge is 0.303 e. The third-order valence-corrected chi connectivity index (χ3v) is 4.28. The van der Waals surface area contributed by atoms with Crippen LogP contribution in [0.25, 0.3) is 0 Å². The molecule has 1 aliphatic heterocycles. The fourth-order valence-electron chi connectivity index (χ4n) is 2.65. The van der Waals surface area contributed by atoms with E-state index in [9.17, 15) is 9.90 Å². The van der Waals surface area contributed by atoms with Crippen molar-refractivity contribution in [1.82, 2.24) is 0 Å². The van der Waals surface area contributed by atoms with Crippen LogP contribution in [0.1, 0.15) is 64.7 Å². The summed E-state index contributed by atoms with van der Waals surface area (Å²) < 4.78 is 5.46. The van der Waals surface area contributed by atoms with Crippen LogP contribution in [0.4, 0.5) is 0 Å². The summed E-state index contributed by atoms with van der Waals surface area (Å²) in [4.78, 5) is 10.4. The van der Waals surface area contributed by atoms with Gasteiger partial charge in [-0.25, -0.2) is 0 Å². The largest absolute Gasteiger partial charge is 0.481 e. The van der Waals surface area contributed by atoms with Gasteiger partial charge in [0.05, 0.1) is 18.3 Å². The zero-order valence-electron chi connectivity index (χ0n) is 15.9. The van der Waals surface area contributed by atoms with E-state index in [0.717, 1.165) is 44.9 Å². The molecule has 4 nitrogen and oxygen atoms in total. The maximum Gasteiger partial charge on any atom is 0.303 e. The molecule has 0 spiro atoms. The van der Waals surface area contributed by atoms with Gasteiger partial charge in [0, 0.05) is 6.42 Å². The number of allylic oxidation sites excluding steroid dienone is 5. The minimum Gasteiger partial charge on any atom is -0.481 e. The van der Waals surface area contributed by atoms with Crippen molar-refractivity contribution in [1.29, 1.82) is 0 Å². The Hall–Kier alpha value is -1.65. The zero-order valence-corrected chi connectivity index (χ0v) is 15.9. The molecule has 1 rings (SSSR count). The lowest BCUT2D eigenvalue weighted by Crippen LogP contribution is -1.99. The lowest BCUT2D eigenvalue weighted by molar-refractivity contribution is -0.137. The number of ether oxygens (including phenoxy) is 1. The lowest BCUT2D eigenvalue weighted by atomic mass is 10.1. The van der Waals surface area contributed by atoms with Crippen LogP contribution in [-0.4, -0.2) is 34.5 Å². The standard InChI is InChI=1S/C22H34O4/c1-2-20-21(26-20)17-14-13-16-19(23)15-11-9-7-5-3-4-6-8-10-12-18-22(24)25/h3-4,7,9,11,13-15,19-21,23H,2,5-6,8,10,12,16-18H2,1H3,(H,24,25)/b4-3-,9-7-,14-13-,15-11-. The van der Waals surface area contributed by atoms with Gasteiger partial charge in [0.25, 0.3) is 0 Å². The SMILES string of the molecule is CCC1OC1C/C=C\CC(O)/C=C\C=C/C/C=C\CCCCCC(=O)O. The van der Waals surface area contributed by atoms with Gasteiger partial charge in [-0.2, -0.15) is 0 Å². The van der Waals surface area contributed by atoms with E-state index in [-0.39, 0.29) is 6.42 Å². The number of unbranched alkanes of at least 4 members (excludes halogenated alkanes) is 3. The molecular weight excluding hydrogens is 328 g/mol. The molecule has 0 aromatic rings. The highest BCUT2D eigenvalue weighted by Gasteiger charge is 2.35. The molecular formula is C22H34O4. The van der Waals surface area contributed by atoms with E-state index in [2.05, 4.69) is 31.2 Å². The highest BCUT2D eigenvalue weighted by Crippen LogP contribution is 2.28. The first-order valence-electron chi connectivity index (χ1n) is 9.82. The molecule has 146 valence electrons. The quantitative estimate of drug-likeness (QED) is 0.187. The number of carbonyl (C=O) groups is 1. The summed E-state index contributed by atoms with van der Waals surface area (Å²) in [6.07, 6.45) is 24.0. The maximum absolute atomic E-state index is 10.4. The number of aliphatic carboxylic acids is 1. The Balaban J connectivity index is 1.96. The van der Waals surface area contributed by atoms with Crippen molar-refractivity contribution < 1.29 is 19.7 Å². The van der Waals surface area contributed by atoms with Crippen molar-refractivity contribution in [3.05, 3.63) is 48.6 Å². The van der Waals surface area contributed by atoms with Gasteiger partial charge in [-0.3, -0.25) is 4.79 Å². The Morgan fingerprint density at radius 2 is 1.88 bits per heavy atom. The van der Waals surface area contributed by atoms with Crippen LogP contribution in [0.15, 0.2) is 48.6 Å². The summed E-state index contributed by atoms with van der Waals surface area (Å²) in [5, 5.41) is 18.4. The van der Waals surface area contributed by atoms with Crippen LogP contribution in [0.3, 0.4) is 0 Å². The molecule has 0 aliphatic carbocycles. The first kappa shape index (κ1) is 22.4. The van der Waals surface area contributed by atoms with Crippen LogP contribution in [0.5, 0.6) is 0 Å². The van der Waals surface area contributed by atoms with Crippen molar-refractivity contribution in [2.24, 2.45) is 0 Å². The van der Waals surface area contributed by atoms with Gasteiger partial charge >= 0.3 is 5.97 Å². The molecule has 26 heavy (non-hydrogen) atoms. The molecule has 1 fully saturated rings. The normalized spacial score (nSPS) is 21.5. The minimum atomic E-state index is -0.710. The predicted molar refractivity (Wildman–Crippen MR) is 106 cm³/mol. The van der Waals surface area contributed by atoms with E-state index in [4.69, 9.17) is 9.84 Å². The molecule has 0 amide bonds. The Bertz CT molecular complexity index is 490. The highest BCUT2D eigenvalue weighted by molar-refractivity contribution is 5.66. The molecule has 2 N–H and O–H groups in total. The first-order valence-corrected chi connectivity index (χ1v) is 9.82. The molecule has 3 unspecified atom stereocenters. The van der Waals surface area contributed by atoms with Crippen molar-refractivity contribution >= 4 is 5.97 Å². The van der Waals surface area contributed by atoms with Crippen molar-refractivity contribution in [3.8, 4) is 0 Å². The van der Waals surface area contributed by atoms with Crippen LogP contribution >= 0.6 is 0 Å². The van der Waals surface area contributed by atoms with Gasteiger partial charge in [-0.15, -0.1) is 0 Å². The molecule has 0 aromatic heterocycles. The van der Waals surface area contributed by atoms with E-state index in [1.165, 1.54) is 0 Å². The van der Waals surface area contributed by atoms with E-state index >= 15 is 0 Å². The van der Waals surface area contributed by atoms with Crippen LogP contribution in [0, 0.1) is 0 Å². The van der Waals surface area contributed by atoms with Crippen LogP contribution < -0.4 is 0 Å². The Labute approximate surface area is 158 Å². The van der Waals surface area contributed by atoms with E-state index in [1.807, 2.05) is 18.2 Å². The average Bonchev–Trinajstić information content (AvgIpc) is 3.38. The zero-order chi connectivity index (χ0) is 19.0. The van der Waals surface area contributed by atoms with Gasteiger partial charge in [0.2, 0.25) is 0 Å². The molecule has 0 saturated carbocycles. The summed E-state index contributed by atoms with van der Waals surface area (Å²) >= 11 is 0. The number of rotatable bonds is 15. The Morgan fingerprint density at radius 1 is 1.04 bits per heavy atom. The number of aliphatic hydroxyl groups is 1. The number of carboxylic acid groups (broad SMARTS) is 1. The van der Waals surface area contributed by atoms with Gasteiger partial charge in [0.1, 0.15) is 0 Å². The third-order valence-electron chi connectivity index (χ3n) is 4.28. The molecule has 0 aromatic carbocycles. The summed E-state index contributed by atoms with van der Waals surface area (Å²) in [6, 6.07) is 0. The fourth-order valence-corrected chi connectivity index (χ4v) is 2.65. The molecule has 0 bridgehead atoms. The van der Waals surface area contributed by atoms with Gasteiger partial charge in [0.15, 0.2) is 0 Å². The third kappa shape index (κ3) is 12.7. The first-order chi connectivity index (χ1) is 12.6. The Morgan fingerprint density at radius 3 is 2.62 bits per heavy atom. The van der Waals surface area contributed by atoms with E-state index in [0.29, 0.717) is 18.6 Å². The second kappa shape index (κ2) is 14.5. The van der Waals surface area contributed by atoms with Gasteiger partial charge in [-0.05, 0) is 44.9 Å². The summed E-state index contributed by atoms with van der Waals surface area (Å²) in [6.45, 7) is 2.14. The number of hydrogen-bond acceptors (Lipinski definition) is 3. The molecule has 1 heterocycles. The second-order valence-electron chi connectivity index (χ2n) is 6.64. The number of hydrogen-bond donors (Lipinski definition) is 2. The summed E-state index contributed by atoms with van der Waals surface area (Å²) in [7, 11) is 0. The number of epoxide rings is 1.